The monoisotopic (exact) mass is 374 g/mol. The van der Waals surface area contributed by atoms with Crippen molar-refractivity contribution < 1.29 is 9.18 Å². The summed E-state index contributed by atoms with van der Waals surface area (Å²) in [5, 5.41) is 0. The number of likely N-dealkylation sites (tertiary alicyclic amines) is 1. The van der Waals surface area contributed by atoms with E-state index < -0.39 is 0 Å². The largest absolute Gasteiger partial charge is 0.334 e. The van der Waals surface area contributed by atoms with E-state index in [1.54, 1.807) is 12.1 Å². The summed E-state index contributed by atoms with van der Waals surface area (Å²) in [7, 11) is 0. The van der Waals surface area contributed by atoms with Gasteiger partial charge in [0, 0.05) is 18.7 Å². The van der Waals surface area contributed by atoms with Crippen molar-refractivity contribution in [1.82, 2.24) is 9.88 Å². The minimum Gasteiger partial charge on any atom is -0.334 e. The van der Waals surface area contributed by atoms with Crippen LogP contribution >= 0.6 is 0 Å². The first-order valence-corrected chi connectivity index (χ1v) is 9.73. The van der Waals surface area contributed by atoms with Gasteiger partial charge in [-0.05, 0) is 48.2 Å². The smallest absolute Gasteiger partial charge is 0.227 e. The highest BCUT2D eigenvalue weighted by Gasteiger charge is 2.30. The van der Waals surface area contributed by atoms with Crippen LogP contribution in [0, 0.1) is 5.82 Å². The second kappa shape index (κ2) is 8.34. The van der Waals surface area contributed by atoms with Gasteiger partial charge in [-0.25, -0.2) is 4.39 Å². The van der Waals surface area contributed by atoms with Gasteiger partial charge in [-0.3, -0.25) is 9.78 Å². The summed E-state index contributed by atoms with van der Waals surface area (Å²) in [6.07, 6.45) is 2.91. The van der Waals surface area contributed by atoms with E-state index in [0.29, 0.717) is 12.8 Å². The Hall–Kier alpha value is -3.01. The number of pyridine rings is 1. The summed E-state index contributed by atoms with van der Waals surface area (Å²) < 4.78 is 13.4. The first kappa shape index (κ1) is 18.4. The summed E-state index contributed by atoms with van der Waals surface area (Å²) in [6.45, 7) is 0.770. The molecule has 0 N–H and O–H groups in total. The molecular formula is C24H23FN2O. The van der Waals surface area contributed by atoms with E-state index in [1.165, 1.54) is 6.07 Å². The summed E-state index contributed by atoms with van der Waals surface area (Å²) in [5.41, 5.74) is 3.75. The number of hydrogen-bond acceptors (Lipinski definition) is 2. The van der Waals surface area contributed by atoms with Gasteiger partial charge in [0.1, 0.15) is 5.82 Å². The molecule has 1 aromatic heterocycles. The molecule has 1 aliphatic heterocycles. The SMILES string of the molecule is O=C(Cc1ccccc1)N1CCC[C@H]1c1cccc(Cc2cccc(F)c2)n1. The van der Waals surface area contributed by atoms with E-state index in [0.717, 1.165) is 41.9 Å². The third kappa shape index (κ3) is 4.28. The Bertz CT molecular complexity index is 958. The van der Waals surface area contributed by atoms with Gasteiger partial charge in [0.2, 0.25) is 5.91 Å². The van der Waals surface area contributed by atoms with Crippen molar-refractivity contribution in [3.63, 3.8) is 0 Å². The molecule has 1 atom stereocenters. The molecule has 3 aromatic rings. The number of rotatable bonds is 5. The highest BCUT2D eigenvalue weighted by atomic mass is 19.1. The van der Waals surface area contributed by atoms with Crippen LogP contribution in [0.3, 0.4) is 0 Å². The lowest BCUT2D eigenvalue weighted by atomic mass is 10.1. The van der Waals surface area contributed by atoms with Crippen molar-refractivity contribution >= 4 is 5.91 Å². The predicted molar refractivity (Wildman–Crippen MR) is 107 cm³/mol. The Morgan fingerprint density at radius 3 is 2.61 bits per heavy atom. The van der Waals surface area contributed by atoms with Gasteiger partial charge in [0.05, 0.1) is 18.2 Å². The van der Waals surface area contributed by atoms with Crippen LogP contribution in [0.4, 0.5) is 4.39 Å². The van der Waals surface area contributed by atoms with Crippen molar-refractivity contribution in [2.75, 3.05) is 6.54 Å². The van der Waals surface area contributed by atoms with Gasteiger partial charge in [-0.1, -0.05) is 48.5 Å². The highest BCUT2D eigenvalue weighted by Crippen LogP contribution is 2.31. The average molecular weight is 374 g/mol. The lowest BCUT2D eigenvalue weighted by Gasteiger charge is -2.25. The van der Waals surface area contributed by atoms with Crippen molar-refractivity contribution in [1.29, 1.82) is 0 Å². The molecule has 0 unspecified atom stereocenters. The molecule has 0 spiro atoms. The molecule has 0 aliphatic carbocycles. The maximum Gasteiger partial charge on any atom is 0.227 e. The van der Waals surface area contributed by atoms with Gasteiger partial charge >= 0.3 is 0 Å². The molecule has 2 aromatic carbocycles. The fourth-order valence-corrected chi connectivity index (χ4v) is 3.88. The molecule has 0 radical (unpaired) electrons. The van der Waals surface area contributed by atoms with Crippen LogP contribution in [0.1, 0.15) is 41.4 Å². The van der Waals surface area contributed by atoms with Crippen LogP contribution in [0.2, 0.25) is 0 Å². The van der Waals surface area contributed by atoms with Gasteiger partial charge in [0.25, 0.3) is 0 Å². The zero-order chi connectivity index (χ0) is 19.3. The molecule has 142 valence electrons. The molecule has 2 heterocycles. The lowest BCUT2D eigenvalue weighted by molar-refractivity contribution is -0.131. The Labute approximate surface area is 164 Å². The molecule has 0 saturated carbocycles. The zero-order valence-corrected chi connectivity index (χ0v) is 15.7. The van der Waals surface area contributed by atoms with Crippen LogP contribution < -0.4 is 0 Å². The Morgan fingerprint density at radius 2 is 1.79 bits per heavy atom. The Kier molecular flexibility index (Phi) is 5.47. The van der Waals surface area contributed by atoms with Crippen LogP contribution in [0.15, 0.2) is 72.8 Å². The van der Waals surface area contributed by atoms with Crippen molar-refractivity contribution in [3.05, 3.63) is 101 Å². The van der Waals surface area contributed by atoms with Gasteiger partial charge in [0.15, 0.2) is 0 Å². The van der Waals surface area contributed by atoms with E-state index >= 15 is 0 Å². The molecule has 28 heavy (non-hydrogen) atoms. The van der Waals surface area contributed by atoms with Crippen molar-refractivity contribution in [3.8, 4) is 0 Å². The molecule has 1 saturated heterocycles. The van der Waals surface area contributed by atoms with E-state index in [-0.39, 0.29) is 17.8 Å². The van der Waals surface area contributed by atoms with E-state index in [9.17, 15) is 9.18 Å². The number of benzene rings is 2. The molecule has 4 heteroatoms. The zero-order valence-electron chi connectivity index (χ0n) is 15.7. The normalized spacial score (nSPS) is 16.3. The molecule has 0 bridgehead atoms. The minimum absolute atomic E-state index is 0.0173. The maximum atomic E-state index is 13.4. The number of nitrogens with zero attached hydrogens (tertiary/aromatic N) is 2. The molecule has 3 nitrogen and oxygen atoms in total. The summed E-state index contributed by atoms with van der Waals surface area (Å²) in [6, 6.07) is 22.4. The minimum atomic E-state index is -0.234. The van der Waals surface area contributed by atoms with Crippen LogP contribution in [-0.2, 0) is 17.6 Å². The Balaban J connectivity index is 1.50. The van der Waals surface area contributed by atoms with E-state index in [4.69, 9.17) is 4.98 Å². The first-order chi connectivity index (χ1) is 13.7. The fraction of sp³-hybridized carbons (Fsp3) is 0.250. The molecule has 1 aliphatic rings. The van der Waals surface area contributed by atoms with Gasteiger partial charge in [-0.15, -0.1) is 0 Å². The van der Waals surface area contributed by atoms with Crippen LogP contribution in [0.5, 0.6) is 0 Å². The number of aromatic nitrogens is 1. The molecule has 4 rings (SSSR count). The quantitative estimate of drug-likeness (QED) is 0.648. The van der Waals surface area contributed by atoms with Crippen LogP contribution in [-0.4, -0.2) is 22.3 Å². The number of carbonyl (C=O) groups excluding carboxylic acids is 1. The number of halogens is 1. The predicted octanol–water partition coefficient (Wildman–Crippen LogP) is 4.72. The third-order valence-electron chi connectivity index (χ3n) is 5.22. The number of amides is 1. The van der Waals surface area contributed by atoms with Crippen molar-refractivity contribution in [2.24, 2.45) is 0 Å². The van der Waals surface area contributed by atoms with Crippen LogP contribution in [0.25, 0.3) is 0 Å². The first-order valence-electron chi connectivity index (χ1n) is 9.73. The Morgan fingerprint density at radius 1 is 1.00 bits per heavy atom. The number of carbonyl (C=O) groups is 1. The number of hydrogen-bond donors (Lipinski definition) is 0. The summed E-state index contributed by atoms with van der Waals surface area (Å²) in [5.74, 6) is -0.0897. The molecular weight excluding hydrogens is 351 g/mol. The highest BCUT2D eigenvalue weighted by molar-refractivity contribution is 5.79. The molecule has 1 fully saturated rings. The summed E-state index contributed by atoms with van der Waals surface area (Å²) >= 11 is 0. The standard InChI is InChI=1S/C24H23FN2O/c25-20-10-4-9-19(15-20)16-21-11-5-12-22(26-21)23-13-6-14-27(23)24(28)17-18-7-2-1-3-8-18/h1-5,7-12,15,23H,6,13-14,16-17H2/t23-/m0/s1. The third-order valence-corrected chi connectivity index (χ3v) is 5.22. The van der Waals surface area contributed by atoms with E-state index in [2.05, 4.69) is 0 Å². The topological polar surface area (TPSA) is 33.2 Å². The van der Waals surface area contributed by atoms with Gasteiger partial charge in [-0.2, -0.15) is 0 Å². The second-order valence-electron chi connectivity index (χ2n) is 7.27. The summed E-state index contributed by atoms with van der Waals surface area (Å²) in [4.78, 5) is 19.6. The lowest BCUT2D eigenvalue weighted by Crippen LogP contribution is -2.32. The average Bonchev–Trinajstić information content (AvgIpc) is 3.19. The van der Waals surface area contributed by atoms with E-state index in [1.807, 2.05) is 59.5 Å². The molecule has 1 amide bonds. The fourth-order valence-electron chi connectivity index (χ4n) is 3.88. The van der Waals surface area contributed by atoms with Crippen molar-refractivity contribution in [2.45, 2.75) is 31.7 Å². The van der Waals surface area contributed by atoms with Gasteiger partial charge < -0.3 is 4.90 Å². The maximum absolute atomic E-state index is 13.4. The second-order valence-corrected chi connectivity index (χ2v) is 7.27.